The van der Waals surface area contributed by atoms with Crippen molar-refractivity contribution in [3.05, 3.63) is 89.5 Å². The molecule has 4 rings (SSSR count). The Morgan fingerprint density at radius 2 is 2.00 bits per heavy atom. The van der Waals surface area contributed by atoms with Crippen LogP contribution in [0.4, 0.5) is 10.2 Å². The molecule has 8 heteroatoms. The van der Waals surface area contributed by atoms with Gasteiger partial charge in [-0.3, -0.25) is 4.79 Å². The number of nitrogens with two attached hydrogens (primary N) is 1. The second-order valence-electron chi connectivity index (χ2n) is 6.64. The molecule has 0 spiro atoms. The largest absolute Gasteiger partial charge is 0.431 e. The van der Waals surface area contributed by atoms with Crippen LogP contribution < -0.4 is 5.73 Å². The van der Waals surface area contributed by atoms with Gasteiger partial charge >= 0.3 is 0 Å². The number of fused-ring (bicyclic) bond motifs is 1. The second kappa shape index (κ2) is 8.12. The average Bonchev–Trinajstić information content (AvgIpc) is 3.14. The van der Waals surface area contributed by atoms with Crippen LogP contribution in [0.2, 0.25) is 0 Å². The number of aromatic nitrogens is 4. The van der Waals surface area contributed by atoms with Crippen LogP contribution >= 0.6 is 0 Å². The van der Waals surface area contributed by atoms with Crippen molar-refractivity contribution in [3.8, 4) is 0 Å². The first kappa shape index (κ1) is 19.3. The molecule has 0 radical (unpaired) electrons. The quantitative estimate of drug-likeness (QED) is 0.391. The highest BCUT2D eigenvalue weighted by atomic mass is 19.1. The van der Waals surface area contributed by atoms with Crippen LogP contribution in [0, 0.1) is 12.7 Å². The summed E-state index contributed by atoms with van der Waals surface area (Å²) in [6.45, 7) is 2.43. The molecule has 2 aromatic carbocycles. The van der Waals surface area contributed by atoms with Crippen LogP contribution in [0.1, 0.15) is 16.7 Å². The third-order valence-corrected chi connectivity index (χ3v) is 4.74. The van der Waals surface area contributed by atoms with Gasteiger partial charge in [0.1, 0.15) is 23.4 Å². The summed E-state index contributed by atoms with van der Waals surface area (Å²) in [7, 11) is 0. The van der Waals surface area contributed by atoms with E-state index in [9.17, 15) is 9.18 Å². The van der Waals surface area contributed by atoms with Crippen LogP contribution in [0.3, 0.4) is 0 Å². The highest BCUT2D eigenvalue weighted by Crippen LogP contribution is 2.31. The molecule has 0 aliphatic carbocycles. The van der Waals surface area contributed by atoms with E-state index in [1.165, 1.54) is 18.5 Å². The molecule has 30 heavy (non-hydrogen) atoms. The number of halogens is 1. The molecule has 0 amide bonds. The molecule has 150 valence electrons. The van der Waals surface area contributed by atoms with Gasteiger partial charge in [-0.2, -0.15) is 0 Å². The lowest BCUT2D eigenvalue weighted by atomic mass is 9.93. The summed E-state index contributed by atoms with van der Waals surface area (Å²) in [5.41, 5.74) is 9.77. The van der Waals surface area contributed by atoms with E-state index in [-0.39, 0.29) is 12.4 Å². The van der Waals surface area contributed by atoms with Gasteiger partial charge in [0.05, 0.1) is 12.9 Å². The zero-order chi connectivity index (χ0) is 21.1. The molecule has 0 saturated carbocycles. The molecule has 0 fully saturated rings. The van der Waals surface area contributed by atoms with Crippen LogP contribution in [0.25, 0.3) is 16.7 Å². The second-order valence-corrected chi connectivity index (χ2v) is 6.64. The Labute approximate surface area is 171 Å². The van der Waals surface area contributed by atoms with E-state index < -0.39 is 5.82 Å². The summed E-state index contributed by atoms with van der Waals surface area (Å²) in [4.78, 5) is 23.8. The topological polar surface area (TPSA) is 95.9 Å². The minimum atomic E-state index is -0.391. The van der Waals surface area contributed by atoms with E-state index in [2.05, 4.69) is 15.0 Å². The fraction of sp³-hybridized carbons (Fsp3) is 0.0909. The number of aryl methyl sites for hydroxylation is 1. The lowest BCUT2D eigenvalue weighted by Gasteiger charge is -2.17. The first-order valence-corrected chi connectivity index (χ1v) is 9.15. The number of benzene rings is 2. The van der Waals surface area contributed by atoms with Crippen molar-refractivity contribution < 1.29 is 13.9 Å². The average molecular weight is 403 g/mol. The van der Waals surface area contributed by atoms with Crippen LogP contribution in [-0.4, -0.2) is 26.0 Å². The standard InChI is InChI=1S/C22H18FN5O2/c1-14-5-2-3-8-17(14)19(15-6-4-7-16(23)9-15)18(30-13-29)10-28-12-27-20-21(24)25-11-26-22(20)28/h2-9,11-13H,10H2,1H3,(H2,24,25,26)/b19-18-. The van der Waals surface area contributed by atoms with Crippen molar-refractivity contribution in [1.82, 2.24) is 19.5 Å². The maximum atomic E-state index is 14.0. The highest BCUT2D eigenvalue weighted by Gasteiger charge is 2.18. The van der Waals surface area contributed by atoms with Gasteiger partial charge in [-0.25, -0.2) is 19.3 Å². The summed E-state index contributed by atoms with van der Waals surface area (Å²) in [6, 6.07) is 13.8. The molecule has 7 nitrogen and oxygen atoms in total. The maximum Gasteiger partial charge on any atom is 0.298 e. The van der Waals surface area contributed by atoms with Gasteiger partial charge in [-0.05, 0) is 35.7 Å². The number of rotatable bonds is 6. The molecule has 0 unspecified atom stereocenters. The summed E-state index contributed by atoms with van der Waals surface area (Å²) in [6.07, 6.45) is 2.89. The smallest absolute Gasteiger partial charge is 0.298 e. The molecule has 2 aromatic heterocycles. The Bertz CT molecular complexity index is 1270. The molecule has 0 aliphatic heterocycles. The molecular formula is C22H18FN5O2. The van der Waals surface area contributed by atoms with Gasteiger partial charge in [0.2, 0.25) is 0 Å². The van der Waals surface area contributed by atoms with Crippen molar-refractivity contribution >= 4 is 29.0 Å². The monoisotopic (exact) mass is 403 g/mol. The maximum absolute atomic E-state index is 14.0. The van der Waals surface area contributed by atoms with Crippen molar-refractivity contribution in [2.45, 2.75) is 13.5 Å². The van der Waals surface area contributed by atoms with E-state index in [0.29, 0.717) is 34.5 Å². The van der Waals surface area contributed by atoms with Crippen LogP contribution in [0.15, 0.2) is 66.9 Å². The number of hydrogen-bond acceptors (Lipinski definition) is 6. The fourth-order valence-corrected chi connectivity index (χ4v) is 3.37. The first-order valence-electron chi connectivity index (χ1n) is 9.15. The Hall–Kier alpha value is -4.07. The van der Waals surface area contributed by atoms with Crippen molar-refractivity contribution in [2.75, 3.05) is 5.73 Å². The lowest BCUT2D eigenvalue weighted by molar-refractivity contribution is -0.125. The molecule has 0 atom stereocenters. The Morgan fingerprint density at radius 1 is 1.17 bits per heavy atom. The summed E-state index contributed by atoms with van der Waals surface area (Å²) >= 11 is 0. The first-order chi connectivity index (χ1) is 14.6. The lowest BCUT2D eigenvalue weighted by Crippen LogP contribution is -2.08. The normalized spacial score (nSPS) is 11.9. The molecule has 4 aromatic rings. The number of carbonyl (C=O) groups excluding carboxylic acids is 1. The number of nitrogen functional groups attached to an aromatic ring is 1. The number of anilines is 1. The number of ether oxygens (including phenoxy) is 1. The summed E-state index contributed by atoms with van der Waals surface area (Å²) < 4.78 is 21.2. The number of hydrogen-bond donors (Lipinski definition) is 1. The van der Waals surface area contributed by atoms with Crippen molar-refractivity contribution in [3.63, 3.8) is 0 Å². The van der Waals surface area contributed by atoms with E-state index in [1.807, 2.05) is 31.2 Å². The molecule has 2 N–H and O–H groups in total. The third-order valence-electron chi connectivity index (χ3n) is 4.74. The van der Waals surface area contributed by atoms with Crippen LogP contribution in [0.5, 0.6) is 0 Å². The van der Waals surface area contributed by atoms with Crippen molar-refractivity contribution in [1.29, 1.82) is 0 Å². The number of allylic oxidation sites excluding steroid dienone is 1. The molecule has 0 aliphatic rings. The Morgan fingerprint density at radius 3 is 2.77 bits per heavy atom. The highest BCUT2D eigenvalue weighted by molar-refractivity contribution is 5.84. The number of nitrogens with zero attached hydrogens (tertiary/aromatic N) is 4. The Balaban J connectivity index is 1.94. The van der Waals surface area contributed by atoms with E-state index in [1.54, 1.807) is 23.0 Å². The minimum absolute atomic E-state index is 0.131. The van der Waals surface area contributed by atoms with Gasteiger partial charge in [0, 0.05) is 5.57 Å². The minimum Gasteiger partial charge on any atom is -0.431 e. The predicted molar refractivity (Wildman–Crippen MR) is 110 cm³/mol. The number of imidazole rings is 1. The van der Waals surface area contributed by atoms with Crippen LogP contribution in [-0.2, 0) is 16.1 Å². The summed E-state index contributed by atoms with van der Waals surface area (Å²) in [5, 5.41) is 0. The van der Waals surface area contributed by atoms with E-state index in [4.69, 9.17) is 10.5 Å². The number of carbonyl (C=O) groups is 1. The third kappa shape index (κ3) is 3.62. The van der Waals surface area contributed by atoms with Gasteiger partial charge in [-0.15, -0.1) is 0 Å². The van der Waals surface area contributed by atoms with E-state index in [0.717, 1.165) is 11.1 Å². The molecule has 0 saturated heterocycles. The van der Waals surface area contributed by atoms with Gasteiger partial charge in [-0.1, -0.05) is 36.4 Å². The van der Waals surface area contributed by atoms with Gasteiger partial charge in [0.15, 0.2) is 11.5 Å². The molecule has 2 heterocycles. The van der Waals surface area contributed by atoms with Gasteiger partial charge < -0.3 is 15.0 Å². The Kier molecular flexibility index (Phi) is 5.21. The van der Waals surface area contributed by atoms with E-state index >= 15 is 0 Å². The zero-order valence-electron chi connectivity index (χ0n) is 16.1. The summed E-state index contributed by atoms with van der Waals surface area (Å²) in [5.74, 6) is 0.184. The molecule has 0 bridgehead atoms. The van der Waals surface area contributed by atoms with Crippen molar-refractivity contribution in [2.24, 2.45) is 0 Å². The SMILES string of the molecule is Cc1ccccc1/C(=C(/Cn1cnc2c(N)ncnc21)OC=O)c1cccc(F)c1. The van der Waals surface area contributed by atoms with Gasteiger partial charge in [0.25, 0.3) is 6.47 Å². The fourth-order valence-electron chi connectivity index (χ4n) is 3.37. The molecular weight excluding hydrogens is 385 g/mol. The zero-order valence-corrected chi connectivity index (χ0v) is 16.1. The predicted octanol–water partition coefficient (Wildman–Crippen LogP) is 3.49.